The first-order chi connectivity index (χ1) is 5.52. The van der Waals surface area contributed by atoms with E-state index in [0.29, 0.717) is 17.4 Å². The van der Waals surface area contributed by atoms with Gasteiger partial charge in [0.25, 0.3) is 0 Å². The molecule has 1 fully saturated rings. The minimum absolute atomic E-state index is 0.306. The Morgan fingerprint density at radius 3 is 2.67 bits per heavy atom. The van der Waals surface area contributed by atoms with Crippen molar-refractivity contribution in [2.24, 2.45) is 17.1 Å². The molecule has 12 heavy (non-hydrogen) atoms. The maximum Gasteiger partial charge on any atom is 0.0500 e. The van der Waals surface area contributed by atoms with Crippen molar-refractivity contribution in [3.63, 3.8) is 0 Å². The van der Waals surface area contributed by atoms with Crippen molar-refractivity contribution in [3.8, 4) is 0 Å². The third-order valence-electron chi connectivity index (χ3n) is 2.88. The van der Waals surface area contributed by atoms with Crippen molar-refractivity contribution >= 4 is 0 Å². The van der Waals surface area contributed by atoms with Crippen molar-refractivity contribution in [1.29, 1.82) is 0 Å². The summed E-state index contributed by atoms with van der Waals surface area (Å²) < 4.78 is 5.38. The molecule has 0 amide bonds. The van der Waals surface area contributed by atoms with Crippen LogP contribution in [0.25, 0.3) is 0 Å². The van der Waals surface area contributed by atoms with Crippen LogP contribution in [0, 0.1) is 11.3 Å². The molecule has 2 unspecified atom stereocenters. The Hall–Kier alpha value is -0.0800. The van der Waals surface area contributed by atoms with E-state index in [1.54, 1.807) is 0 Å². The number of nitrogens with two attached hydrogens (primary N) is 1. The number of ether oxygens (including phenoxy) is 1. The average molecular weight is 171 g/mol. The van der Waals surface area contributed by atoms with Gasteiger partial charge in [0.05, 0.1) is 0 Å². The Morgan fingerprint density at radius 2 is 2.25 bits per heavy atom. The van der Waals surface area contributed by atoms with Crippen molar-refractivity contribution in [1.82, 2.24) is 0 Å². The normalized spacial score (nSPS) is 27.5. The van der Waals surface area contributed by atoms with Crippen LogP contribution in [-0.4, -0.2) is 19.3 Å². The third kappa shape index (κ3) is 2.46. The summed E-state index contributed by atoms with van der Waals surface area (Å²) in [5.41, 5.74) is 6.16. The summed E-state index contributed by atoms with van der Waals surface area (Å²) in [6.07, 6.45) is 2.31. The molecule has 2 N–H and O–H groups in total. The second-order valence-corrected chi connectivity index (χ2v) is 4.73. The molecule has 0 aromatic carbocycles. The Morgan fingerprint density at radius 1 is 1.58 bits per heavy atom. The van der Waals surface area contributed by atoms with Crippen molar-refractivity contribution in [2.75, 3.05) is 13.2 Å². The fraction of sp³-hybridized carbons (Fsp3) is 1.00. The molecule has 1 aliphatic heterocycles. The Balaban J connectivity index is 2.45. The molecule has 0 aromatic rings. The first-order valence-corrected chi connectivity index (χ1v) is 4.86. The van der Waals surface area contributed by atoms with E-state index in [2.05, 4.69) is 20.8 Å². The fourth-order valence-corrected chi connectivity index (χ4v) is 2.15. The van der Waals surface area contributed by atoms with Crippen molar-refractivity contribution in [2.45, 2.75) is 39.7 Å². The second-order valence-electron chi connectivity index (χ2n) is 4.73. The Labute approximate surface area is 75.5 Å². The highest BCUT2D eigenvalue weighted by Gasteiger charge is 2.32. The first-order valence-electron chi connectivity index (χ1n) is 4.86. The van der Waals surface area contributed by atoms with Crippen LogP contribution >= 0.6 is 0 Å². The largest absolute Gasteiger partial charge is 0.381 e. The maximum atomic E-state index is 5.81. The van der Waals surface area contributed by atoms with E-state index >= 15 is 0 Å². The van der Waals surface area contributed by atoms with Gasteiger partial charge in [-0.1, -0.05) is 13.8 Å². The van der Waals surface area contributed by atoms with Gasteiger partial charge in [-0.05, 0) is 31.1 Å². The van der Waals surface area contributed by atoms with Crippen LogP contribution in [0.2, 0.25) is 0 Å². The number of hydrogen-bond acceptors (Lipinski definition) is 2. The predicted octanol–water partition coefficient (Wildman–Crippen LogP) is 1.79. The summed E-state index contributed by atoms with van der Waals surface area (Å²) in [5.74, 6) is 0.712. The minimum Gasteiger partial charge on any atom is -0.381 e. The van der Waals surface area contributed by atoms with Gasteiger partial charge in [0.1, 0.15) is 0 Å². The van der Waals surface area contributed by atoms with E-state index in [4.69, 9.17) is 10.5 Å². The standard InChI is InChI=1S/C10H21NO/c1-8(11)6-10(2,3)9-4-5-12-7-9/h8-9H,4-7,11H2,1-3H3. The minimum atomic E-state index is 0.306. The first kappa shape index (κ1) is 10.0. The summed E-state index contributed by atoms with van der Waals surface area (Å²) in [6, 6.07) is 0.306. The van der Waals surface area contributed by atoms with Gasteiger partial charge >= 0.3 is 0 Å². The van der Waals surface area contributed by atoms with E-state index in [0.717, 1.165) is 19.6 Å². The molecular formula is C10H21NO. The zero-order valence-electron chi connectivity index (χ0n) is 8.47. The van der Waals surface area contributed by atoms with Crippen LogP contribution < -0.4 is 5.73 Å². The van der Waals surface area contributed by atoms with Gasteiger partial charge in [0.15, 0.2) is 0 Å². The summed E-state index contributed by atoms with van der Waals surface area (Å²) in [6.45, 7) is 8.55. The molecule has 0 bridgehead atoms. The SMILES string of the molecule is CC(N)CC(C)(C)C1CCOC1. The van der Waals surface area contributed by atoms with Gasteiger partial charge in [0, 0.05) is 19.3 Å². The zero-order valence-corrected chi connectivity index (χ0v) is 8.47. The van der Waals surface area contributed by atoms with E-state index in [-0.39, 0.29) is 0 Å². The van der Waals surface area contributed by atoms with E-state index in [1.165, 1.54) is 6.42 Å². The van der Waals surface area contributed by atoms with Crippen molar-refractivity contribution in [3.05, 3.63) is 0 Å². The molecule has 72 valence electrons. The van der Waals surface area contributed by atoms with Crippen LogP contribution in [0.1, 0.15) is 33.6 Å². The van der Waals surface area contributed by atoms with Crippen LogP contribution in [-0.2, 0) is 4.74 Å². The summed E-state index contributed by atoms with van der Waals surface area (Å²) in [7, 11) is 0. The molecule has 0 aliphatic carbocycles. The van der Waals surface area contributed by atoms with Gasteiger partial charge in [-0.2, -0.15) is 0 Å². The lowest BCUT2D eigenvalue weighted by molar-refractivity contribution is 0.132. The van der Waals surface area contributed by atoms with Gasteiger partial charge in [-0.15, -0.1) is 0 Å². The van der Waals surface area contributed by atoms with Crippen LogP contribution in [0.15, 0.2) is 0 Å². The molecule has 0 spiro atoms. The third-order valence-corrected chi connectivity index (χ3v) is 2.88. The van der Waals surface area contributed by atoms with Crippen LogP contribution in [0.5, 0.6) is 0 Å². The highest BCUT2D eigenvalue weighted by molar-refractivity contribution is 4.83. The summed E-state index contributed by atoms with van der Waals surface area (Å²) in [5, 5.41) is 0. The lowest BCUT2D eigenvalue weighted by Gasteiger charge is -2.32. The number of rotatable bonds is 3. The lowest BCUT2D eigenvalue weighted by Crippen LogP contribution is -2.31. The second kappa shape index (κ2) is 3.75. The van der Waals surface area contributed by atoms with E-state index < -0.39 is 0 Å². The highest BCUT2D eigenvalue weighted by Crippen LogP contribution is 2.36. The highest BCUT2D eigenvalue weighted by atomic mass is 16.5. The van der Waals surface area contributed by atoms with Gasteiger partial charge < -0.3 is 10.5 Å². The van der Waals surface area contributed by atoms with Gasteiger partial charge in [0.2, 0.25) is 0 Å². The van der Waals surface area contributed by atoms with Gasteiger partial charge in [-0.25, -0.2) is 0 Å². The zero-order chi connectivity index (χ0) is 9.19. The van der Waals surface area contributed by atoms with Gasteiger partial charge in [-0.3, -0.25) is 0 Å². The maximum absolute atomic E-state index is 5.81. The smallest absolute Gasteiger partial charge is 0.0500 e. The Kier molecular flexibility index (Phi) is 3.13. The molecule has 2 nitrogen and oxygen atoms in total. The molecule has 0 aromatic heterocycles. The predicted molar refractivity (Wildman–Crippen MR) is 51.0 cm³/mol. The molecule has 1 saturated heterocycles. The lowest BCUT2D eigenvalue weighted by atomic mass is 9.74. The molecule has 2 heteroatoms. The molecule has 1 heterocycles. The Bertz CT molecular complexity index is 137. The van der Waals surface area contributed by atoms with E-state index in [9.17, 15) is 0 Å². The van der Waals surface area contributed by atoms with Crippen LogP contribution in [0.4, 0.5) is 0 Å². The van der Waals surface area contributed by atoms with E-state index in [1.807, 2.05) is 0 Å². The molecule has 0 radical (unpaired) electrons. The molecular weight excluding hydrogens is 150 g/mol. The summed E-state index contributed by atoms with van der Waals surface area (Å²) in [4.78, 5) is 0. The molecule has 2 atom stereocenters. The summed E-state index contributed by atoms with van der Waals surface area (Å²) >= 11 is 0. The van der Waals surface area contributed by atoms with Crippen LogP contribution in [0.3, 0.4) is 0 Å². The fourth-order valence-electron chi connectivity index (χ4n) is 2.15. The molecule has 1 rings (SSSR count). The monoisotopic (exact) mass is 171 g/mol. The van der Waals surface area contributed by atoms with Crippen molar-refractivity contribution < 1.29 is 4.74 Å². The molecule has 1 aliphatic rings. The molecule has 0 saturated carbocycles. The number of hydrogen-bond donors (Lipinski definition) is 1. The topological polar surface area (TPSA) is 35.2 Å². The average Bonchev–Trinajstić information content (AvgIpc) is 2.32. The quantitative estimate of drug-likeness (QED) is 0.702.